The highest BCUT2D eigenvalue weighted by atomic mass is 19.4. The van der Waals surface area contributed by atoms with E-state index in [1.54, 1.807) is 14.1 Å². The van der Waals surface area contributed by atoms with Crippen LogP contribution in [0.25, 0.3) is 11.1 Å². The highest BCUT2D eigenvalue weighted by Gasteiger charge is 2.38. The first-order valence-electron chi connectivity index (χ1n) is 6.57. The summed E-state index contributed by atoms with van der Waals surface area (Å²) in [4.78, 5) is 1.45. The minimum absolute atomic E-state index is 0.255. The first-order valence-corrected chi connectivity index (χ1v) is 6.57. The second-order valence-corrected chi connectivity index (χ2v) is 5.17. The zero-order chi connectivity index (χ0) is 17.4. The van der Waals surface area contributed by atoms with Crippen molar-refractivity contribution in [3.63, 3.8) is 0 Å². The second-order valence-electron chi connectivity index (χ2n) is 5.17. The lowest BCUT2D eigenvalue weighted by Gasteiger charge is -2.20. The van der Waals surface area contributed by atoms with Gasteiger partial charge in [-0.25, -0.2) is 0 Å². The molecule has 0 saturated carbocycles. The molecule has 0 fully saturated rings. The molecule has 2 rings (SSSR count). The molecule has 23 heavy (non-hydrogen) atoms. The minimum atomic E-state index is -4.76. The van der Waals surface area contributed by atoms with Gasteiger partial charge in [0.2, 0.25) is 0 Å². The van der Waals surface area contributed by atoms with Crippen LogP contribution in [0.15, 0.2) is 42.5 Å². The minimum Gasteiger partial charge on any atom is -0.378 e. The predicted octanol–water partition coefficient (Wildman–Crippen LogP) is 5.46. The summed E-state index contributed by atoms with van der Waals surface area (Å²) in [6.07, 6.45) is -9.50. The first kappa shape index (κ1) is 17.2. The molecule has 0 N–H and O–H groups in total. The average Bonchev–Trinajstić information content (AvgIpc) is 2.44. The Morgan fingerprint density at radius 3 is 1.74 bits per heavy atom. The number of rotatable bonds is 2. The van der Waals surface area contributed by atoms with E-state index < -0.39 is 34.6 Å². The third-order valence-electron chi connectivity index (χ3n) is 3.35. The van der Waals surface area contributed by atoms with Gasteiger partial charge in [-0.1, -0.05) is 24.3 Å². The summed E-state index contributed by atoms with van der Waals surface area (Å²) < 4.78 is 79.2. The van der Waals surface area contributed by atoms with E-state index >= 15 is 0 Å². The summed E-state index contributed by atoms with van der Waals surface area (Å²) in [5.41, 5.74) is -2.91. The van der Waals surface area contributed by atoms with Crippen molar-refractivity contribution in [3.8, 4) is 11.1 Å². The summed E-state index contributed by atoms with van der Waals surface area (Å²) in [7, 11) is 3.11. The lowest BCUT2D eigenvalue weighted by molar-refractivity contribution is -0.139. The van der Waals surface area contributed by atoms with Gasteiger partial charge in [-0.05, 0) is 29.3 Å². The molecule has 0 aromatic heterocycles. The number of nitrogens with zero attached hydrogens (tertiary/aromatic N) is 1. The fourth-order valence-corrected chi connectivity index (χ4v) is 2.24. The summed E-state index contributed by atoms with van der Waals surface area (Å²) in [5, 5.41) is 0. The summed E-state index contributed by atoms with van der Waals surface area (Å²) in [6, 6.07) is 7.53. The molecule has 0 spiro atoms. The quantitative estimate of drug-likeness (QED) is 0.660. The smallest absolute Gasteiger partial charge is 0.378 e. The Morgan fingerprint density at radius 2 is 1.22 bits per heavy atom. The molecule has 0 heterocycles. The molecule has 0 radical (unpaired) electrons. The van der Waals surface area contributed by atoms with Crippen molar-refractivity contribution in [3.05, 3.63) is 53.6 Å². The molecule has 0 atom stereocenters. The number of anilines is 1. The summed E-state index contributed by atoms with van der Waals surface area (Å²) in [5.74, 6) is 0. The van der Waals surface area contributed by atoms with E-state index in [1.807, 2.05) is 0 Å². The molecule has 2 aromatic carbocycles. The van der Waals surface area contributed by atoms with Crippen LogP contribution in [-0.4, -0.2) is 14.1 Å². The predicted molar refractivity (Wildman–Crippen MR) is 76.2 cm³/mol. The van der Waals surface area contributed by atoms with Crippen LogP contribution in [0.4, 0.5) is 32.0 Å². The largest absolute Gasteiger partial charge is 0.417 e. The fraction of sp³-hybridized carbons (Fsp3) is 0.250. The van der Waals surface area contributed by atoms with E-state index in [2.05, 4.69) is 0 Å². The average molecular weight is 333 g/mol. The third-order valence-corrected chi connectivity index (χ3v) is 3.35. The van der Waals surface area contributed by atoms with Crippen LogP contribution in [0.2, 0.25) is 0 Å². The van der Waals surface area contributed by atoms with Gasteiger partial charge >= 0.3 is 12.4 Å². The first-order chi connectivity index (χ1) is 10.5. The molecular formula is C16H13F6N. The highest BCUT2D eigenvalue weighted by Crippen LogP contribution is 2.43. The third kappa shape index (κ3) is 3.60. The van der Waals surface area contributed by atoms with Crippen LogP contribution in [0, 0.1) is 0 Å². The van der Waals surface area contributed by atoms with Gasteiger partial charge in [0.05, 0.1) is 11.1 Å². The van der Waals surface area contributed by atoms with Gasteiger partial charge < -0.3 is 4.90 Å². The van der Waals surface area contributed by atoms with Crippen LogP contribution in [0.5, 0.6) is 0 Å². The summed E-state index contributed by atoms with van der Waals surface area (Å²) in [6.45, 7) is 0. The van der Waals surface area contributed by atoms with Crippen molar-refractivity contribution in [1.82, 2.24) is 0 Å². The SMILES string of the molecule is CN(C)c1ccc(-c2ccccc2C(F)(F)F)c(C(F)(F)F)c1. The number of hydrogen-bond acceptors (Lipinski definition) is 1. The molecule has 0 saturated heterocycles. The van der Waals surface area contributed by atoms with Crippen molar-refractivity contribution >= 4 is 5.69 Å². The van der Waals surface area contributed by atoms with Crippen molar-refractivity contribution in [2.75, 3.05) is 19.0 Å². The number of benzene rings is 2. The molecule has 0 aliphatic rings. The Morgan fingerprint density at radius 1 is 0.696 bits per heavy atom. The molecule has 0 amide bonds. The van der Waals surface area contributed by atoms with E-state index in [9.17, 15) is 26.3 Å². The van der Waals surface area contributed by atoms with E-state index in [0.29, 0.717) is 0 Å². The number of hydrogen-bond donors (Lipinski definition) is 0. The molecule has 0 aliphatic heterocycles. The van der Waals surface area contributed by atoms with Gasteiger partial charge in [0.1, 0.15) is 0 Å². The van der Waals surface area contributed by atoms with Crippen molar-refractivity contribution < 1.29 is 26.3 Å². The fourth-order valence-electron chi connectivity index (χ4n) is 2.24. The van der Waals surface area contributed by atoms with Crippen LogP contribution >= 0.6 is 0 Å². The van der Waals surface area contributed by atoms with E-state index in [4.69, 9.17) is 0 Å². The van der Waals surface area contributed by atoms with Crippen molar-refractivity contribution in [2.24, 2.45) is 0 Å². The molecule has 0 aliphatic carbocycles. The number of halogens is 6. The number of alkyl halides is 6. The van der Waals surface area contributed by atoms with E-state index in [0.717, 1.165) is 30.3 Å². The second kappa shape index (κ2) is 5.79. The lowest BCUT2D eigenvalue weighted by atomic mass is 9.94. The molecule has 0 unspecified atom stereocenters. The maximum Gasteiger partial charge on any atom is 0.417 e. The Bertz CT molecular complexity index is 700. The normalized spacial score (nSPS) is 12.3. The van der Waals surface area contributed by atoms with Gasteiger partial charge in [-0.2, -0.15) is 26.3 Å². The zero-order valence-electron chi connectivity index (χ0n) is 12.3. The Hall–Kier alpha value is -2.18. The Kier molecular flexibility index (Phi) is 4.32. The Balaban J connectivity index is 2.75. The van der Waals surface area contributed by atoms with Crippen LogP contribution in [0.3, 0.4) is 0 Å². The zero-order valence-corrected chi connectivity index (χ0v) is 12.3. The molecule has 124 valence electrons. The molecular weight excluding hydrogens is 320 g/mol. The molecule has 0 bridgehead atoms. The van der Waals surface area contributed by atoms with Gasteiger partial charge in [-0.3, -0.25) is 0 Å². The topological polar surface area (TPSA) is 3.24 Å². The van der Waals surface area contributed by atoms with Crippen molar-refractivity contribution in [1.29, 1.82) is 0 Å². The van der Waals surface area contributed by atoms with Gasteiger partial charge in [0.25, 0.3) is 0 Å². The Labute approximate surface area is 129 Å². The molecule has 1 nitrogen and oxygen atoms in total. The van der Waals surface area contributed by atoms with Gasteiger partial charge in [0, 0.05) is 19.8 Å². The van der Waals surface area contributed by atoms with Crippen LogP contribution in [-0.2, 0) is 12.4 Å². The monoisotopic (exact) mass is 333 g/mol. The van der Waals surface area contributed by atoms with Gasteiger partial charge in [-0.15, -0.1) is 0 Å². The standard InChI is InChI=1S/C16H13F6N/c1-23(2)10-7-8-12(14(9-10)16(20,21)22)11-5-3-4-6-13(11)15(17,18)19/h3-9H,1-2H3. The van der Waals surface area contributed by atoms with Gasteiger partial charge in [0.15, 0.2) is 0 Å². The lowest BCUT2D eigenvalue weighted by Crippen LogP contribution is -2.14. The van der Waals surface area contributed by atoms with Crippen molar-refractivity contribution in [2.45, 2.75) is 12.4 Å². The highest BCUT2D eigenvalue weighted by molar-refractivity contribution is 5.74. The summed E-state index contributed by atoms with van der Waals surface area (Å²) >= 11 is 0. The maximum atomic E-state index is 13.3. The van der Waals surface area contributed by atoms with E-state index in [-0.39, 0.29) is 5.69 Å². The molecule has 7 heteroatoms. The van der Waals surface area contributed by atoms with E-state index in [1.165, 1.54) is 17.0 Å². The van der Waals surface area contributed by atoms with Crippen LogP contribution in [0.1, 0.15) is 11.1 Å². The van der Waals surface area contributed by atoms with Crippen LogP contribution < -0.4 is 4.90 Å². The maximum absolute atomic E-state index is 13.3. The molecule has 2 aromatic rings.